The first-order chi connectivity index (χ1) is 17.9. The zero-order valence-electron chi connectivity index (χ0n) is 22.2. The summed E-state index contributed by atoms with van der Waals surface area (Å²) in [6.45, 7) is 13.8. The second kappa shape index (κ2) is 9.02. The zero-order valence-corrected chi connectivity index (χ0v) is 22.2. The van der Waals surface area contributed by atoms with Crippen LogP contribution in [-0.4, -0.2) is 92.9 Å². The molecule has 1 N–H and O–H groups in total. The molecular formula is C27H34N8O2. The maximum absolute atomic E-state index is 11.8. The third-order valence-electron chi connectivity index (χ3n) is 8.09. The molecule has 37 heavy (non-hydrogen) atoms. The van der Waals surface area contributed by atoms with E-state index in [-0.39, 0.29) is 6.09 Å². The van der Waals surface area contributed by atoms with Crippen LogP contribution in [-0.2, 0) is 4.74 Å². The number of pyridine rings is 2. The molecule has 2 aliphatic heterocycles. The number of amides is 1. The number of rotatable bonds is 4. The first-order valence-corrected chi connectivity index (χ1v) is 13.0. The number of nitrogens with zero attached hydrogens (tertiary/aromatic N) is 7. The summed E-state index contributed by atoms with van der Waals surface area (Å²) in [6.07, 6.45) is 3.45. The van der Waals surface area contributed by atoms with Crippen molar-refractivity contribution in [2.75, 3.05) is 51.3 Å². The highest BCUT2D eigenvalue weighted by molar-refractivity contribution is 5.90. The summed E-state index contributed by atoms with van der Waals surface area (Å²) < 4.78 is 6.72. The average Bonchev–Trinajstić information content (AvgIpc) is 3.49. The quantitative estimate of drug-likeness (QED) is 0.456. The van der Waals surface area contributed by atoms with Crippen LogP contribution < -0.4 is 4.90 Å². The van der Waals surface area contributed by atoms with Crippen molar-refractivity contribution in [2.45, 2.75) is 39.7 Å². The van der Waals surface area contributed by atoms with Crippen molar-refractivity contribution in [3.8, 4) is 11.3 Å². The molecule has 6 heterocycles. The molecule has 6 rings (SSSR count). The number of aromatic amines is 1. The van der Waals surface area contributed by atoms with E-state index in [1.165, 1.54) is 18.2 Å². The number of anilines is 1. The normalized spacial score (nSPS) is 17.2. The van der Waals surface area contributed by atoms with E-state index in [0.29, 0.717) is 12.0 Å². The lowest BCUT2D eigenvalue weighted by Gasteiger charge is -2.48. The number of piperazine rings is 1. The van der Waals surface area contributed by atoms with Gasteiger partial charge in [-0.3, -0.25) is 4.90 Å². The summed E-state index contributed by atoms with van der Waals surface area (Å²) in [5.41, 5.74) is 8.79. The number of carbonyl (C=O) groups excluding carboxylic acids is 1. The van der Waals surface area contributed by atoms with Crippen molar-refractivity contribution in [1.29, 1.82) is 0 Å². The third-order valence-corrected chi connectivity index (χ3v) is 8.09. The van der Waals surface area contributed by atoms with Crippen LogP contribution in [0.4, 0.5) is 10.6 Å². The van der Waals surface area contributed by atoms with Crippen LogP contribution in [0.5, 0.6) is 0 Å². The highest BCUT2D eigenvalue weighted by atomic mass is 16.5. The fraction of sp³-hybridized carbons (Fsp3) is 0.481. The summed E-state index contributed by atoms with van der Waals surface area (Å²) in [4.78, 5) is 31.6. The minimum atomic E-state index is -0.231. The molecule has 0 saturated carbocycles. The topological polar surface area (TPSA) is 94.9 Å². The number of fused-ring (bicyclic) bond motifs is 2. The van der Waals surface area contributed by atoms with Gasteiger partial charge in [-0.1, -0.05) is 13.8 Å². The van der Waals surface area contributed by atoms with E-state index in [0.717, 1.165) is 78.6 Å². The molecule has 194 valence electrons. The maximum Gasteiger partial charge on any atom is 0.409 e. The van der Waals surface area contributed by atoms with E-state index >= 15 is 0 Å². The standard InChI is InChI=1S/C27H34N8O2/c1-16(2)23-24(20-14-35-26(28-15-29-35)18(4)17(20)3)30-21-6-7-22(31-25(21)23)34-12-19(13-34)32-8-10-33(11-9-32)27(36)37-5/h6-7,14-16,19,30H,8-13H2,1-5H3. The summed E-state index contributed by atoms with van der Waals surface area (Å²) in [5.74, 6) is 1.32. The van der Waals surface area contributed by atoms with Crippen LogP contribution in [0.2, 0.25) is 0 Å². The average molecular weight is 503 g/mol. The minimum Gasteiger partial charge on any atom is -0.453 e. The lowest BCUT2D eigenvalue weighted by Crippen LogP contribution is -2.63. The monoisotopic (exact) mass is 502 g/mol. The second-order valence-electron chi connectivity index (χ2n) is 10.5. The molecule has 0 aliphatic carbocycles. The van der Waals surface area contributed by atoms with Crippen molar-refractivity contribution in [3.63, 3.8) is 0 Å². The van der Waals surface area contributed by atoms with Crippen LogP contribution in [0.15, 0.2) is 24.7 Å². The Labute approximate surface area is 216 Å². The Morgan fingerprint density at radius 1 is 1.11 bits per heavy atom. The SMILES string of the molecule is COC(=O)N1CCN(C2CN(c3ccc4[nH]c(-c5cn6ncnc6c(C)c5C)c(C(C)C)c4n3)C2)CC1. The van der Waals surface area contributed by atoms with Crippen LogP contribution in [0.25, 0.3) is 27.9 Å². The van der Waals surface area contributed by atoms with Gasteiger partial charge in [0.1, 0.15) is 12.1 Å². The minimum absolute atomic E-state index is 0.231. The predicted molar refractivity (Wildman–Crippen MR) is 143 cm³/mol. The molecule has 4 aromatic heterocycles. The van der Waals surface area contributed by atoms with Crippen LogP contribution in [0, 0.1) is 13.8 Å². The summed E-state index contributed by atoms with van der Waals surface area (Å²) in [6, 6.07) is 4.77. The Hall–Kier alpha value is -3.66. The van der Waals surface area contributed by atoms with Gasteiger partial charge in [0.25, 0.3) is 0 Å². The molecule has 0 bridgehead atoms. The van der Waals surface area contributed by atoms with E-state index < -0.39 is 0 Å². The summed E-state index contributed by atoms with van der Waals surface area (Å²) in [7, 11) is 1.44. The molecule has 10 nitrogen and oxygen atoms in total. The molecule has 1 amide bonds. The Kier molecular flexibility index (Phi) is 5.78. The number of carbonyl (C=O) groups is 1. The smallest absolute Gasteiger partial charge is 0.409 e. The van der Waals surface area contributed by atoms with Crippen molar-refractivity contribution in [2.24, 2.45) is 0 Å². The van der Waals surface area contributed by atoms with Crippen molar-refractivity contribution >= 4 is 28.6 Å². The van der Waals surface area contributed by atoms with Gasteiger partial charge in [0.05, 0.1) is 23.8 Å². The van der Waals surface area contributed by atoms with Gasteiger partial charge in [0, 0.05) is 62.6 Å². The predicted octanol–water partition coefficient (Wildman–Crippen LogP) is 3.59. The van der Waals surface area contributed by atoms with Gasteiger partial charge in [-0.2, -0.15) is 5.10 Å². The first-order valence-electron chi connectivity index (χ1n) is 13.0. The summed E-state index contributed by atoms with van der Waals surface area (Å²) in [5, 5.41) is 4.39. The number of methoxy groups -OCH3 is 1. The van der Waals surface area contributed by atoms with Crippen LogP contribution in [0.1, 0.15) is 36.5 Å². The number of aryl methyl sites for hydroxylation is 1. The molecule has 0 unspecified atom stereocenters. The molecule has 0 spiro atoms. The molecule has 0 radical (unpaired) electrons. The van der Waals surface area contributed by atoms with Crippen molar-refractivity contribution < 1.29 is 9.53 Å². The fourth-order valence-electron chi connectivity index (χ4n) is 5.75. The number of ether oxygens (including phenoxy) is 1. The Bertz CT molecular complexity index is 1470. The van der Waals surface area contributed by atoms with E-state index in [1.807, 2.05) is 4.52 Å². The molecule has 4 aromatic rings. The number of H-pyrrole nitrogens is 1. The number of aromatic nitrogens is 5. The number of nitrogens with one attached hydrogen (secondary N) is 1. The van der Waals surface area contributed by atoms with E-state index in [2.05, 4.69) is 70.9 Å². The fourth-order valence-corrected chi connectivity index (χ4v) is 5.75. The Balaban J connectivity index is 1.26. The first kappa shape index (κ1) is 23.7. The van der Waals surface area contributed by atoms with E-state index in [9.17, 15) is 4.79 Å². The van der Waals surface area contributed by atoms with Gasteiger partial charge >= 0.3 is 6.09 Å². The van der Waals surface area contributed by atoms with Crippen LogP contribution in [0.3, 0.4) is 0 Å². The van der Waals surface area contributed by atoms with Gasteiger partial charge in [-0.25, -0.2) is 19.3 Å². The maximum atomic E-state index is 11.8. The molecule has 2 fully saturated rings. The lowest BCUT2D eigenvalue weighted by molar-refractivity contribution is 0.0675. The zero-order chi connectivity index (χ0) is 25.8. The van der Waals surface area contributed by atoms with E-state index in [4.69, 9.17) is 9.72 Å². The molecule has 0 atom stereocenters. The van der Waals surface area contributed by atoms with Crippen molar-refractivity contribution in [3.05, 3.63) is 41.3 Å². The van der Waals surface area contributed by atoms with Gasteiger partial charge in [0.15, 0.2) is 5.65 Å². The van der Waals surface area contributed by atoms with Crippen molar-refractivity contribution in [1.82, 2.24) is 34.4 Å². The van der Waals surface area contributed by atoms with Gasteiger partial charge < -0.3 is 19.5 Å². The molecule has 10 heteroatoms. The largest absolute Gasteiger partial charge is 0.453 e. The van der Waals surface area contributed by atoms with Gasteiger partial charge in [-0.15, -0.1) is 0 Å². The third kappa shape index (κ3) is 3.90. The second-order valence-corrected chi connectivity index (χ2v) is 10.5. The van der Waals surface area contributed by atoms with Gasteiger partial charge in [0.2, 0.25) is 0 Å². The molecule has 0 aromatic carbocycles. The Morgan fingerprint density at radius 3 is 2.57 bits per heavy atom. The lowest BCUT2D eigenvalue weighted by atomic mass is 9.95. The van der Waals surface area contributed by atoms with Crippen LogP contribution >= 0.6 is 0 Å². The number of hydrogen-bond acceptors (Lipinski definition) is 7. The molecular weight excluding hydrogens is 468 g/mol. The Morgan fingerprint density at radius 2 is 1.86 bits per heavy atom. The molecule has 2 saturated heterocycles. The summed E-state index contributed by atoms with van der Waals surface area (Å²) >= 11 is 0. The highest BCUT2D eigenvalue weighted by Crippen LogP contribution is 2.38. The van der Waals surface area contributed by atoms with Gasteiger partial charge in [-0.05, 0) is 43.0 Å². The highest BCUT2D eigenvalue weighted by Gasteiger charge is 2.35. The molecule has 2 aliphatic rings. The van der Waals surface area contributed by atoms with E-state index in [1.54, 1.807) is 11.2 Å². The number of hydrogen-bond donors (Lipinski definition) is 1.